The van der Waals surface area contributed by atoms with Gasteiger partial charge in [0.05, 0.1) is 17.9 Å². The summed E-state index contributed by atoms with van der Waals surface area (Å²) < 4.78 is 1.96. The van der Waals surface area contributed by atoms with E-state index in [4.69, 9.17) is 11.6 Å². The molecule has 0 saturated carbocycles. The van der Waals surface area contributed by atoms with Crippen LogP contribution in [0.15, 0.2) is 30.3 Å². The molecule has 6 nitrogen and oxygen atoms in total. The second kappa shape index (κ2) is 8.57. The zero-order valence-corrected chi connectivity index (χ0v) is 16.5. The topological polar surface area (TPSA) is 67.2 Å². The van der Waals surface area contributed by atoms with Crippen molar-refractivity contribution in [3.63, 3.8) is 0 Å². The van der Waals surface area contributed by atoms with Crippen molar-refractivity contribution in [1.82, 2.24) is 20.0 Å². The summed E-state index contributed by atoms with van der Waals surface area (Å²) in [6, 6.07) is 9.18. The Bertz CT molecular complexity index is 831. The van der Waals surface area contributed by atoms with Crippen molar-refractivity contribution in [1.29, 1.82) is 0 Å². The number of benzene rings is 1. The Labute approximate surface area is 164 Å². The van der Waals surface area contributed by atoms with Crippen molar-refractivity contribution in [3.8, 4) is 0 Å². The highest BCUT2D eigenvalue weighted by Gasteiger charge is 2.22. The summed E-state index contributed by atoms with van der Waals surface area (Å²) in [6.45, 7) is 5.86. The molecule has 0 atom stereocenters. The number of carbonyl (C=O) groups is 2. The standard InChI is InChI=1S/C20H25ClN4O2/c1-14(2)22-19(26)8-7-17-12-18-13-24(9-4-10-25(18)23-17)20(27)15-5-3-6-16(21)11-15/h3,5-6,11-12,14H,4,7-10,13H2,1-2H3,(H,22,26). The van der Waals surface area contributed by atoms with Crippen LogP contribution in [0, 0.1) is 0 Å². The third-order valence-corrected chi connectivity index (χ3v) is 4.72. The van der Waals surface area contributed by atoms with Gasteiger partial charge >= 0.3 is 0 Å². The minimum Gasteiger partial charge on any atom is -0.354 e. The van der Waals surface area contributed by atoms with Crippen molar-refractivity contribution in [2.75, 3.05) is 6.54 Å². The molecule has 1 aromatic heterocycles. The Balaban J connectivity index is 1.67. The maximum Gasteiger partial charge on any atom is 0.254 e. The van der Waals surface area contributed by atoms with E-state index in [9.17, 15) is 9.59 Å². The summed E-state index contributed by atoms with van der Waals surface area (Å²) >= 11 is 6.02. The van der Waals surface area contributed by atoms with Crippen LogP contribution in [0.5, 0.6) is 0 Å². The lowest BCUT2D eigenvalue weighted by molar-refractivity contribution is -0.121. The highest BCUT2D eigenvalue weighted by molar-refractivity contribution is 6.30. The number of halogens is 1. The predicted molar refractivity (Wildman–Crippen MR) is 105 cm³/mol. The van der Waals surface area contributed by atoms with E-state index < -0.39 is 0 Å². The van der Waals surface area contributed by atoms with Crippen LogP contribution in [0.25, 0.3) is 0 Å². The smallest absolute Gasteiger partial charge is 0.254 e. The molecule has 2 heterocycles. The van der Waals surface area contributed by atoms with Gasteiger partial charge in [0.25, 0.3) is 5.91 Å². The van der Waals surface area contributed by atoms with Crippen LogP contribution in [0.4, 0.5) is 0 Å². The second-order valence-corrected chi connectivity index (χ2v) is 7.60. The van der Waals surface area contributed by atoms with E-state index in [0.717, 1.165) is 24.4 Å². The number of nitrogens with zero attached hydrogens (tertiary/aromatic N) is 3. The van der Waals surface area contributed by atoms with E-state index in [-0.39, 0.29) is 17.9 Å². The van der Waals surface area contributed by atoms with Crippen molar-refractivity contribution in [2.45, 2.75) is 52.2 Å². The fourth-order valence-corrected chi connectivity index (χ4v) is 3.45. The molecular weight excluding hydrogens is 364 g/mol. The molecule has 27 heavy (non-hydrogen) atoms. The highest BCUT2D eigenvalue weighted by atomic mass is 35.5. The first kappa shape index (κ1) is 19.4. The molecule has 0 aliphatic carbocycles. The summed E-state index contributed by atoms with van der Waals surface area (Å²) in [5, 5.41) is 8.07. The minimum absolute atomic E-state index is 0.0231. The average Bonchev–Trinajstić information content (AvgIpc) is 2.89. The molecule has 1 aliphatic rings. The van der Waals surface area contributed by atoms with E-state index in [1.165, 1.54) is 0 Å². The zero-order chi connectivity index (χ0) is 19.4. The number of fused-ring (bicyclic) bond motifs is 1. The van der Waals surface area contributed by atoms with Gasteiger partial charge in [-0.3, -0.25) is 14.3 Å². The molecule has 7 heteroatoms. The van der Waals surface area contributed by atoms with Gasteiger partial charge in [-0.05, 0) is 44.5 Å². The van der Waals surface area contributed by atoms with Crippen LogP contribution >= 0.6 is 11.6 Å². The van der Waals surface area contributed by atoms with Gasteiger partial charge in [0.2, 0.25) is 5.91 Å². The number of hydrogen-bond acceptors (Lipinski definition) is 3. The molecule has 1 aromatic carbocycles. The van der Waals surface area contributed by atoms with Crippen molar-refractivity contribution in [3.05, 3.63) is 52.3 Å². The van der Waals surface area contributed by atoms with Gasteiger partial charge in [-0.25, -0.2) is 0 Å². The van der Waals surface area contributed by atoms with Gasteiger partial charge in [-0.1, -0.05) is 17.7 Å². The molecule has 1 aliphatic heterocycles. The van der Waals surface area contributed by atoms with E-state index in [1.807, 2.05) is 29.5 Å². The third kappa shape index (κ3) is 5.10. The van der Waals surface area contributed by atoms with Crippen molar-refractivity contribution < 1.29 is 9.59 Å². The van der Waals surface area contributed by atoms with Crippen LogP contribution in [-0.4, -0.2) is 39.1 Å². The van der Waals surface area contributed by atoms with Gasteiger partial charge < -0.3 is 10.2 Å². The number of hydrogen-bond donors (Lipinski definition) is 1. The number of aryl methyl sites for hydroxylation is 2. The lowest BCUT2D eigenvalue weighted by Crippen LogP contribution is -2.30. The summed E-state index contributed by atoms with van der Waals surface area (Å²) in [6.07, 6.45) is 1.86. The predicted octanol–water partition coefficient (Wildman–Crippen LogP) is 3.04. The third-order valence-electron chi connectivity index (χ3n) is 4.48. The van der Waals surface area contributed by atoms with Gasteiger partial charge in [0.15, 0.2) is 0 Å². The number of carbonyl (C=O) groups excluding carboxylic acids is 2. The Kier molecular flexibility index (Phi) is 6.16. The van der Waals surface area contributed by atoms with Gasteiger partial charge in [-0.15, -0.1) is 0 Å². The fraction of sp³-hybridized carbons (Fsp3) is 0.450. The van der Waals surface area contributed by atoms with E-state index in [1.54, 1.807) is 24.3 Å². The maximum absolute atomic E-state index is 12.8. The molecule has 0 radical (unpaired) electrons. The molecular formula is C20H25ClN4O2. The molecule has 0 bridgehead atoms. The molecule has 2 amide bonds. The Hall–Kier alpha value is -2.34. The quantitative estimate of drug-likeness (QED) is 0.856. The molecule has 0 unspecified atom stereocenters. The molecule has 0 fully saturated rings. The van der Waals surface area contributed by atoms with Gasteiger partial charge in [0.1, 0.15) is 0 Å². The number of rotatable bonds is 5. The Morgan fingerprint density at radius 1 is 1.26 bits per heavy atom. The lowest BCUT2D eigenvalue weighted by atomic mass is 10.2. The minimum atomic E-state index is -0.0231. The number of nitrogens with one attached hydrogen (secondary N) is 1. The SMILES string of the molecule is CC(C)NC(=O)CCc1cc2n(n1)CCCN(C(=O)c1cccc(Cl)c1)C2. The monoisotopic (exact) mass is 388 g/mol. The first-order valence-corrected chi connectivity index (χ1v) is 9.70. The van der Waals surface area contributed by atoms with E-state index in [0.29, 0.717) is 36.5 Å². The van der Waals surface area contributed by atoms with Crippen molar-refractivity contribution >= 4 is 23.4 Å². The van der Waals surface area contributed by atoms with Gasteiger partial charge in [0, 0.05) is 42.6 Å². The van der Waals surface area contributed by atoms with Crippen LogP contribution in [-0.2, 0) is 24.3 Å². The van der Waals surface area contributed by atoms with E-state index >= 15 is 0 Å². The molecule has 3 rings (SSSR count). The summed E-state index contributed by atoms with van der Waals surface area (Å²) in [5.41, 5.74) is 2.49. The number of amides is 2. The van der Waals surface area contributed by atoms with Crippen LogP contribution in [0.3, 0.4) is 0 Å². The Morgan fingerprint density at radius 3 is 2.81 bits per heavy atom. The summed E-state index contributed by atoms with van der Waals surface area (Å²) in [5.74, 6) is 0.0102. The zero-order valence-electron chi connectivity index (χ0n) is 15.7. The molecule has 144 valence electrons. The van der Waals surface area contributed by atoms with Crippen LogP contribution < -0.4 is 5.32 Å². The number of aromatic nitrogens is 2. The highest BCUT2D eigenvalue weighted by Crippen LogP contribution is 2.19. The summed E-state index contributed by atoms with van der Waals surface area (Å²) in [7, 11) is 0. The Morgan fingerprint density at radius 2 is 2.07 bits per heavy atom. The molecule has 2 aromatic rings. The normalized spacial score (nSPS) is 14.0. The largest absolute Gasteiger partial charge is 0.354 e. The van der Waals surface area contributed by atoms with E-state index in [2.05, 4.69) is 10.4 Å². The fourth-order valence-electron chi connectivity index (χ4n) is 3.26. The van der Waals surface area contributed by atoms with Crippen LogP contribution in [0.2, 0.25) is 5.02 Å². The first-order valence-electron chi connectivity index (χ1n) is 9.32. The molecule has 0 spiro atoms. The first-order chi connectivity index (χ1) is 12.9. The maximum atomic E-state index is 12.8. The van der Waals surface area contributed by atoms with Gasteiger partial charge in [-0.2, -0.15) is 5.10 Å². The average molecular weight is 389 g/mol. The molecule has 1 N–H and O–H groups in total. The van der Waals surface area contributed by atoms with Crippen LogP contribution in [0.1, 0.15) is 48.4 Å². The molecule has 0 saturated heterocycles. The van der Waals surface area contributed by atoms with Crippen molar-refractivity contribution in [2.24, 2.45) is 0 Å². The lowest BCUT2D eigenvalue weighted by Gasteiger charge is -2.20. The summed E-state index contributed by atoms with van der Waals surface area (Å²) in [4.78, 5) is 26.5. The second-order valence-electron chi connectivity index (χ2n) is 7.16.